The Hall–Kier alpha value is -2.30. The van der Waals surface area contributed by atoms with E-state index < -0.39 is 10.0 Å². The lowest BCUT2D eigenvalue weighted by Crippen LogP contribution is -2.47. The standard InChI is InChI=1S/C25H37N5O3S/c1-22-8-10-24(11-9-22)34(32,33)30-17-15-27-13-12-26-14-16-29(18-19-30)21-25(31)28(2)20-23-6-4-3-5-7-23/h3-11,26-27H,12-21H2,1-2H3. The second-order valence-electron chi connectivity index (χ2n) is 8.73. The molecule has 1 fully saturated rings. The Morgan fingerprint density at radius 1 is 0.882 bits per heavy atom. The molecule has 0 aliphatic carbocycles. The Kier molecular flexibility index (Phi) is 10.0. The van der Waals surface area contributed by atoms with E-state index in [9.17, 15) is 13.2 Å². The van der Waals surface area contributed by atoms with Crippen molar-refractivity contribution >= 4 is 15.9 Å². The van der Waals surface area contributed by atoms with Crippen LogP contribution in [0, 0.1) is 6.92 Å². The number of rotatable bonds is 6. The zero-order valence-corrected chi connectivity index (χ0v) is 21.1. The Balaban J connectivity index is 1.68. The summed E-state index contributed by atoms with van der Waals surface area (Å²) in [7, 11) is -1.81. The first kappa shape index (κ1) is 26.3. The number of amides is 1. The molecule has 34 heavy (non-hydrogen) atoms. The van der Waals surface area contributed by atoms with Crippen molar-refractivity contribution in [2.45, 2.75) is 18.4 Å². The van der Waals surface area contributed by atoms with E-state index in [1.807, 2.05) is 61.3 Å². The zero-order valence-electron chi connectivity index (χ0n) is 20.2. The summed E-state index contributed by atoms with van der Waals surface area (Å²) in [6.07, 6.45) is 0. The summed E-state index contributed by atoms with van der Waals surface area (Å²) < 4.78 is 28.2. The van der Waals surface area contributed by atoms with Crippen LogP contribution in [-0.4, -0.2) is 94.4 Å². The smallest absolute Gasteiger partial charge is 0.243 e. The van der Waals surface area contributed by atoms with Crippen LogP contribution in [0.1, 0.15) is 11.1 Å². The van der Waals surface area contributed by atoms with Gasteiger partial charge in [0, 0.05) is 66.0 Å². The van der Waals surface area contributed by atoms with E-state index >= 15 is 0 Å². The lowest BCUT2D eigenvalue weighted by Gasteiger charge is -2.29. The van der Waals surface area contributed by atoms with Gasteiger partial charge in [0.2, 0.25) is 15.9 Å². The molecule has 8 nitrogen and oxygen atoms in total. The van der Waals surface area contributed by atoms with Crippen LogP contribution in [0.25, 0.3) is 0 Å². The Labute approximate surface area is 204 Å². The second kappa shape index (κ2) is 13.0. The number of benzene rings is 2. The molecule has 0 saturated carbocycles. The van der Waals surface area contributed by atoms with Crippen molar-refractivity contribution in [1.82, 2.24) is 24.7 Å². The van der Waals surface area contributed by atoms with Gasteiger partial charge in [-0.3, -0.25) is 9.69 Å². The fourth-order valence-corrected chi connectivity index (χ4v) is 5.29. The van der Waals surface area contributed by atoms with Crippen molar-refractivity contribution < 1.29 is 13.2 Å². The first-order valence-electron chi connectivity index (χ1n) is 11.8. The van der Waals surface area contributed by atoms with Gasteiger partial charge in [0.25, 0.3) is 0 Å². The molecule has 3 rings (SSSR count). The minimum atomic E-state index is -3.62. The van der Waals surface area contributed by atoms with Gasteiger partial charge in [0.1, 0.15) is 0 Å². The molecule has 2 N–H and O–H groups in total. The van der Waals surface area contributed by atoms with E-state index in [1.54, 1.807) is 17.0 Å². The Morgan fingerprint density at radius 2 is 1.53 bits per heavy atom. The maximum absolute atomic E-state index is 13.3. The number of aryl methyl sites for hydroxylation is 1. The minimum absolute atomic E-state index is 0.0190. The SMILES string of the molecule is Cc1ccc(S(=O)(=O)N2CCNCCNCCN(CC(=O)N(C)Cc3ccccc3)CC2)cc1. The van der Waals surface area contributed by atoms with Crippen LogP contribution in [0.4, 0.5) is 0 Å². The summed E-state index contributed by atoms with van der Waals surface area (Å²) in [6, 6.07) is 16.9. The molecule has 1 heterocycles. The van der Waals surface area contributed by atoms with Crippen LogP contribution < -0.4 is 10.6 Å². The molecular formula is C25H37N5O3S. The molecule has 1 amide bonds. The maximum Gasteiger partial charge on any atom is 0.243 e. The first-order valence-corrected chi connectivity index (χ1v) is 13.3. The zero-order chi connectivity index (χ0) is 24.4. The molecule has 1 aliphatic rings. The summed E-state index contributed by atoms with van der Waals surface area (Å²) in [4.78, 5) is 17.0. The van der Waals surface area contributed by atoms with Gasteiger partial charge in [-0.05, 0) is 24.6 Å². The van der Waals surface area contributed by atoms with Gasteiger partial charge < -0.3 is 15.5 Å². The van der Waals surface area contributed by atoms with E-state index in [0.717, 1.165) is 30.8 Å². The topological polar surface area (TPSA) is 85.0 Å². The van der Waals surface area contributed by atoms with Crippen molar-refractivity contribution in [3.8, 4) is 0 Å². The highest BCUT2D eigenvalue weighted by Crippen LogP contribution is 2.16. The molecule has 0 unspecified atom stereocenters. The molecule has 1 saturated heterocycles. The summed E-state index contributed by atoms with van der Waals surface area (Å²) in [5.41, 5.74) is 2.10. The third-order valence-electron chi connectivity index (χ3n) is 5.99. The number of likely N-dealkylation sites (N-methyl/N-ethyl adjacent to an activating group) is 1. The summed E-state index contributed by atoms with van der Waals surface area (Å²) >= 11 is 0. The highest BCUT2D eigenvalue weighted by Gasteiger charge is 2.25. The molecular weight excluding hydrogens is 450 g/mol. The maximum atomic E-state index is 13.3. The third-order valence-corrected chi connectivity index (χ3v) is 7.91. The van der Waals surface area contributed by atoms with Crippen LogP contribution in [0.15, 0.2) is 59.5 Å². The monoisotopic (exact) mass is 487 g/mol. The quantitative estimate of drug-likeness (QED) is 0.636. The number of hydrogen-bond acceptors (Lipinski definition) is 6. The van der Waals surface area contributed by atoms with Crippen molar-refractivity contribution in [1.29, 1.82) is 0 Å². The number of carbonyl (C=O) groups is 1. The number of hydrogen-bond donors (Lipinski definition) is 2. The molecule has 0 atom stereocenters. The van der Waals surface area contributed by atoms with E-state index in [2.05, 4.69) is 10.6 Å². The highest BCUT2D eigenvalue weighted by molar-refractivity contribution is 7.89. The molecule has 0 radical (unpaired) electrons. The molecule has 2 aromatic carbocycles. The molecule has 9 heteroatoms. The van der Waals surface area contributed by atoms with Gasteiger partial charge in [-0.15, -0.1) is 0 Å². The molecule has 2 aromatic rings. The van der Waals surface area contributed by atoms with Crippen molar-refractivity contribution in [2.24, 2.45) is 0 Å². The van der Waals surface area contributed by atoms with E-state index in [4.69, 9.17) is 0 Å². The van der Waals surface area contributed by atoms with Gasteiger partial charge in [-0.2, -0.15) is 4.31 Å². The van der Waals surface area contributed by atoms with Gasteiger partial charge in [0.15, 0.2) is 0 Å². The second-order valence-corrected chi connectivity index (χ2v) is 10.7. The Bertz CT molecular complexity index is 999. The lowest BCUT2D eigenvalue weighted by molar-refractivity contribution is -0.131. The number of sulfonamides is 1. The van der Waals surface area contributed by atoms with Crippen LogP contribution in [0.2, 0.25) is 0 Å². The third kappa shape index (κ3) is 7.89. The van der Waals surface area contributed by atoms with Crippen LogP contribution in [0.5, 0.6) is 0 Å². The van der Waals surface area contributed by atoms with Gasteiger partial charge >= 0.3 is 0 Å². The highest BCUT2D eigenvalue weighted by atomic mass is 32.2. The number of nitrogens with one attached hydrogen (secondary N) is 2. The summed E-state index contributed by atoms with van der Waals surface area (Å²) in [5.74, 6) is 0.0190. The average molecular weight is 488 g/mol. The van der Waals surface area contributed by atoms with Crippen molar-refractivity contribution in [2.75, 3.05) is 66.0 Å². The lowest BCUT2D eigenvalue weighted by atomic mass is 10.2. The first-order chi connectivity index (χ1) is 16.4. The average Bonchev–Trinajstić information content (AvgIpc) is 2.81. The number of nitrogens with zero attached hydrogens (tertiary/aromatic N) is 3. The number of carbonyl (C=O) groups excluding carboxylic acids is 1. The van der Waals surface area contributed by atoms with Gasteiger partial charge in [-0.1, -0.05) is 48.0 Å². The predicted octanol–water partition coefficient (Wildman–Crippen LogP) is 1.14. The summed E-state index contributed by atoms with van der Waals surface area (Å²) in [5, 5.41) is 6.69. The van der Waals surface area contributed by atoms with Crippen LogP contribution in [0.3, 0.4) is 0 Å². The largest absolute Gasteiger partial charge is 0.340 e. The van der Waals surface area contributed by atoms with Crippen molar-refractivity contribution in [3.05, 3.63) is 65.7 Å². The van der Waals surface area contributed by atoms with E-state index in [0.29, 0.717) is 44.2 Å². The van der Waals surface area contributed by atoms with Crippen molar-refractivity contribution in [3.63, 3.8) is 0 Å². The Morgan fingerprint density at radius 3 is 2.21 bits per heavy atom. The molecule has 0 spiro atoms. The fraction of sp³-hybridized carbons (Fsp3) is 0.480. The molecule has 0 bridgehead atoms. The fourth-order valence-electron chi connectivity index (χ4n) is 3.86. The van der Waals surface area contributed by atoms with Crippen LogP contribution in [-0.2, 0) is 21.4 Å². The minimum Gasteiger partial charge on any atom is -0.340 e. The predicted molar refractivity (Wildman–Crippen MR) is 135 cm³/mol. The van der Waals surface area contributed by atoms with E-state index in [-0.39, 0.29) is 12.5 Å². The van der Waals surface area contributed by atoms with E-state index in [1.165, 1.54) is 4.31 Å². The van der Waals surface area contributed by atoms with Crippen LogP contribution >= 0.6 is 0 Å². The van der Waals surface area contributed by atoms with Gasteiger partial charge in [-0.25, -0.2) is 8.42 Å². The molecule has 186 valence electrons. The van der Waals surface area contributed by atoms with Gasteiger partial charge in [0.05, 0.1) is 11.4 Å². The normalized spacial score (nSPS) is 17.5. The molecule has 1 aliphatic heterocycles. The summed E-state index contributed by atoms with van der Waals surface area (Å²) in [6.45, 7) is 7.47. The molecule has 0 aromatic heterocycles.